The molecule has 5 nitrogen and oxygen atoms in total. The lowest BCUT2D eigenvalue weighted by Crippen LogP contribution is -2.26. The van der Waals surface area contributed by atoms with Gasteiger partial charge in [-0.3, -0.25) is 4.79 Å². The van der Waals surface area contributed by atoms with E-state index in [9.17, 15) is 4.79 Å². The number of pyridine rings is 1. The second-order valence-electron chi connectivity index (χ2n) is 9.00. The molecule has 1 atom stereocenters. The smallest absolute Gasteiger partial charge is 0.254 e. The molecule has 0 saturated heterocycles. The number of fused-ring (bicyclic) bond motifs is 1. The summed E-state index contributed by atoms with van der Waals surface area (Å²) >= 11 is 0. The molecule has 0 aliphatic carbocycles. The van der Waals surface area contributed by atoms with Crippen molar-refractivity contribution in [3.63, 3.8) is 0 Å². The molecule has 1 aliphatic heterocycles. The van der Waals surface area contributed by atoms with Crippen LogP contribution in [0.4, 0.5) is 5.82 Å². The van der Waals surface area contributed by atoms with E-state index in [2.05, 4.69) is 48.4 Å². The monoisotopic (exact) mass is 463 g/mol. The number of ether oxygens (including phenoxy) is 1. The van der Waals surface area contributed by atoms with E-state index in [0.29, 0.717) is 13.1 Å². The van der Waals surface area contributed by atoms with Gasteiger partial charge in [0.05, 0.1) is 6.54 Å². The van der Waals surface area contributed by atoms with Gasteiger partial charge in [0, 0.05) is 29.9 Å². The van der Waals surface area contributed by atoms with E-state index in [1.807, 2.05) is 65.6 Å². The van der Waals surface area contributed by atoms with Crippen molar-refractivity contribution in [2.75, 3.05) is 11.9 Å². The van der Waals surface area contributed by atoms with Crippen LogP contribution in [0.5, 0.6) is 11.5 Å². The lowest BCUT2D eigenvalue weighted by Gasteiger charge is -2.18. The van der Waals surface area contributed by atoms with Crippen LogP contribution >= 0.6 is 0 Å². The zero-order valence-electron chi connectivity index (χ0n) is 20.1. The average molecular weight is 464 g/mol. The maximum atomic E-state index is 13.0. The van der Waals surface area contributed by atoms with Crippen molar-refractivity contribution < 1.29 is 9.53 Å². The number of carbonyl (C=O) groups excluding carboxylic acids is 1. The summed E-state index contributed by atoms with van der Waals surface area (Å²) in [6.45, 7) is 5.42. The predicted molar refractivity (Wildman–Crippen MR) is 139 cm³/mol. The van der Waals surface area contributed by atoms with Crippen molar-refractivity contribution in [3.05, 3.63) is 119 Å². The van der Waals surface area contributed by atoms with Crippen LogP contribution in [-0.2, 0) is 13.0 Å². The summed E-state index contributed by atoms with van der Waals surface area (Å²) in [4.78, 5) is 19.5. The zero-order valence-corrected chi connectivity index (χ0v) is 20.1. The van der Waals surface area contributed by atoms with Gasteiger partial charge < -0.3 is 15.0 Å². The van der Waals surface area contributed by atoms with E-state index in [0.717, 1.165) is 40.4 Å². The van der Waals surface area contributed by atoms with Gasteiger partial charge in [-0.2, -0.15) is 0 Å². The molecule has 5 heteroatoms. The Morgan fingerprint density at radius 3 is 2.34 bits per heavy atom. The highest BCUT2D eigenvalue weighted by Crippen LogP contribution is 2.31. The van der Waals surface area contributed by atoms with Gasteiger partial charge in [0.15, 0.2) is 0 Å². The largest absolute Gasteiger partial charge is 0.457 e. The molecule has 2 heterocycles. The molecule has 4 aromatic rings. The summed E-state index contributed by atoms with van der Waals surface area (Å²) in [6, 6.07) is 28.2. The van der Waals surface area contributed by atoms with Crippen LogP contribution in [0.15, 0.2) is 91.1 Å². The highest BCUT2D eigenvalue weighted by Gasteiger charge is 2.30. The van der Waals surface area contributed by atoms with Crippen LogP contribution in [-0.4, -0.2) is 22.3 Å². The number of nitrogens with one attached hydrogen (secondary N) is 1. The van der Waals surface area contributed by atoms with E-state index in [4.69, 9.17) is 4.74 Å². The van der Waals surface area contributed by atoms with Crippen LogP contribution in [0.3, 0.4) is 0 Å². The minimum absolute atomic E-state index is 0.0240. The van der Waals surface area contributed by atoms with Gasteiger partial charge in [-0.05, 0) is 61.7 Å². The molecule has 0 fully saturated rings. The number of hydrogen-bond acceptors (Lipinski definition) is 4. The number of benzene rings is 3. The first-order valence-corrected chi connectivity index (χ1v) is 12.0. The van der Waals surface area contributed by atoms with Gasteiger partial charge in [0.2, 0.25) is 0 Å². The van der Waals surface area contributed by atoms with E-state index in [1.54, 1.807) is 6.20 Å². The van der Waals surface area contributed by atoms with Gasteiger partial charge in [-0.25, -0.2) is 4.98 Å². The molecular weight excluding hydrogens is 434 g/mol. The Hall–Kier alpha value is -4.12. The van der Waals surface area contributed by atoms with E-state index < -0.39 is 0 Å². The topological polar surface area (TPSA) is 54.5 Å². The van der Waals surface area contributed by atoms with Crippen LogP contribution in [0, 0.1) is 6.92 Å². The quantitative estimate of drug-likeness (QED) is 0.322. The van der Waals surface area contributed by atoms with Gasteiger partial charge in [-0.1, -0.05) is 60.2 Å². The molecule has 5 rings (SSSR count). The first-order chi connectivity index (χ1) is 17.1. The maximum absolute atomic E-state index is 13.0. The number of aromatic nitrogens is 1. The average Bonchev–Trinajstić information content (AvgIpc) is 3.21. The molecule has 1 aromatic heterocycles. The SMILES string of the molecule is Cc1ccc(Oc2ccc([C@H](C)Nc3nccc4c3CN(CCc3ccccc3)C4=O)cc2)cc1. The Labute approximate surface area is 206 Å². The number of rotatable bonds is 8. The van der Waals surface area contributed by atoms with Crippen molar-refractivity contribution in [2.45, 2.75) is 32.9 Å². The van der Waals surface area contributed by atoms with Crippen molar-refractivity contribution in [1.29, 1.82) is 0 Å². The molecule has 1 aliphatic rings. The van der Waals surface area contributed by atoms with Crippen molar-refractivity contribution in [2.24, 2.45) is 0 Å². The van der Waals surface area contributed by atoms with E-state index in [-0.39, 0.29) is 11.9 Å². The van der Waals surface area contributed by atoms with Gasteiger partial charge >= 0.3 is 0 Å². The number of aryl methyl sites for hydroxylation is 1. The maximum Gasteiger partial charge on any atom is 0.254 e. The van der Waals surface area contributed by atoms with Crippen molar-refractivity contribution in [1.82, 2.24) is 9.88 Å². The van der Waals surface area contributed by atoms with Gasteiger partial charge in [0.25, 0.3) is 5.91 Å². The fourth-order valence-electron chi connectivity index (χ4n) is 4.35. The minimum atomic E-state index is 0.0240. The molecule has 35 heavy (non-hydrogen) atoms. The molecule has 1 amide bonds. The second-order valence-corrected chi connectivity index (χ2v) is 9.00. The molecule has 0 unspecified atom stereocenters. The summed E-state index contributed by atoms with van der Waals surface area (Å²) in [7, 11) is 0. The van der Waals surface area contributed by atoms with Gasteiger partial charge in [-0.15, -0.1) is 0 Å². The summed E-state index contributed by atoms with van der Waals surface area (Å²) < 4.78 is 5.95. The molecule has 1 N–H and O–H groups in total. The fourth-order valence-corrected chi connectivity index (χ4v) is 4.35. The molecule has 176 valence electrons. The van der Waals surface area contributed by atoms with Crippen molar-refractivity contribution >= 4 is 11.7 Å². The molecule has 0 bridgehead atoms. The van der Waals surface area contributed by atoms with Crippen LogP contribution < -0.4 is 10.1 Å². The van der Waals surface area contributed by atoms with Crippen molar-refractivity contribution in [3.8, 4) is 11.5 Å². The van der Waals surface area contributed by atoms with Gasteiger partial charge in [0.1, 0.15) is 17.3 Å². The third kappa shape index (κ3) is 5.19. The molecular formula is C30H29N3O2. The zero-order chi connectivity index (χ0) is 24.2. The Bertz CT molecular complexity index is 1300. The number of nitrogens with zero attached hydrogens (tertiary/aromatic N) is 2. The number of hydrogen-bond donors (Lipinski definition) is 1. The summed E-state index contributed by atoms with van der Waals surface area (Å²) in [5.41, 5.74) is 5.26. The number of amides is 1. The Balaban J connectivity index is 1.24. The molecule has 0 spiro atoms. The predicted octanol–water partition coefficient (Wildman–Crippen LogP) is 6.55. The number of anilines is 1. The fraction of sp³-hybridized carbons (Fsp3) is 0.200. The standard InChI is InChI=1S/C30H29N3O2/c1-21-8-12-25(13-9-21)35-26-14-10-24(11-15-26)22(2)32-29-28-20-33(30(34)27(28)16-18-31-29)19-17-23-6-4-3-5-7-23/h3-16,18,22H,17,19-20H2,1-2H3,(H,31,32)/t22-/m0/s1. The van der Waals surface area contributed by atoms with E-state index in [1.165, 1.54) is 11.1 Å². The Morgan fingerprint density at radius 2 is 1.63 bits per heavy atom. The summed E-state index contributed by atoms with van der Waals surface area (Å²) in [6.07, 6.45) is 2.55. The normalized spacial score (nSPS) is 13.4. The lowest BCUT2D eigenvalue weighted by molar-refractivity contribution is 0.0780. The minimum Gasteiger partial charge on any atom is -0.457 e. The molecule has 3 aromatic carbocycles. The molecule has 0 saturated carbocycles. The third-order valence-electron chi connectivity index (χ3n) is 6.43. The first kappa shape index (κ1) is 22.7. The third-order valence-corrected chi connectivity index (χ3v) is 6.43. The van der Waals surface area contributed by atoms with Crippen LogP contribution in [0.2, 0.25) is 0 Å². The first-order valence-electron chi connectivity index (χ1n) is 12.0. The molecule has 0 radical (unpaired) electrons. The van der Waals surface area contributed by atoms with E-state index >= 15 is 0 Å². The highest BCUT2D eigenvalue weighted by molar-refractivity contribution is 5.99. The van der Waals surface area contributed by atoms with Crippen LogP contribution in [0.25, 0.3) is 0 Å². The summed E-state index contributed by atoms with van der Waals surface area (Å²) in [5, 5.41) is 3.52. The highest BCUT2D eigenvalue weighted by atomic mass is 16.5. The Kier molecular flexibility index (Phi) is 6.49. The second kappa shape index (κ2) is 10.0. The Morgan fingerprint density at radius 1 is 0.943 bits per heavy atom. The lowest BCUT2D eigenvalue weighted by atomic mass is 10.1. The summed E-state index contributed by atoms with van der Waals surface area (Å²) in [5.74, 6) is 2.46. The number of carbonyl (C=O) groups is 1. The van der Waals surface area contributed by atoms with Crippen LogP contribution in [0.1, 0.15) is 45.6 Å².